The number of hydrogen-bond donors (Lipinski definition) is 1. The van der Waals surface area contributed by atoms with E-state index >= 15 is 0 Å². The maximum Gasteiger partial charge on any atom is 0.194 e. The summed E-state index contributed by atoms with van der Waals surface area (Å²) in [5, 5.41) is 3.54. The number of rotatable bonds is 4. The zero-order valence-corrected chi connectivity index (χ0v) is 19.2. The maximum atomic E-state index is 4.50. The molecule has 29 heavy (non-hydrogen) atoms. The van der Waals surface area contributed by atoms with Gasteiger partial charge in [-0.25, -0.2) is 4.98 Å². The average Bonchev–Trinajstić information content (AvgIpc) is 3.31. The minimum Gasteiger partial charge on any atom is -0.364 e. The summed E-state index contributed by atoms with van der Waals surface area (Å²) in [6.45, 7) is 6.57. The molecular weight excluding hydrogens is 475 g/mol. The van der Waals surface area contributed by atoms with Crippen molar-refractivity contribution in [3.8, 4) is 0 Å². The highest BCUT2D eigenvalue weighted by Crippen LogP contribution is 2.18. The number of guanidine groups is 1. The first kappa shape index (κ1) is 21.4. The number of nitrogens with zero attached hydrogens (tertiary/aromatic N) is 5. The van der Waals surface area contributed by atoms with Gasteiger partial charge in [-0.05, 0) is 29.8 Å². The fraction of sp³-hybridized carbons (Fsp3) is 0.364. The molecule has 0 amide bonds. The maximum absolute atomic E-state index is 4.50. The van der Waals surface area contributed by atoms with Crippen LogP contribution in [0.4, 0.5) is 11.5 Å². The Balaban J connectivity index is 0.00000240. The summed E-state index contributed by atoms with van der Waals surface area (Å²) >= 11 is 0. The van der Waals surface area contributed by atoms with Gasteiger partial charge in [-0.15, -0.1) is 24.0 Å². The van der Waals surface area contributed by atoms with Gasteiger partial charge in [-0.3, -0.25) is 4.99 Å². The standard InChI is InChI=1S/C22H28N6.HI/c1-23-22(28-15-13-27(14-16-28)21-9-2-3-10-24-21)25-18-19-7-6-8-20(17-19)26-11-4-5-12-26;/h2-10,17H,11-16,18H2,1H3,(H,23,25);1H. The van der Waals surface area contributed by atoms with E-state index in [9.17, 15) is 0 Å². The molecule has 6 nitrogen and oxygen atoms in total. The van der Waals surface area contributed by atoms with Crippen molar-refractivity contribution >= 4 is 41.4 Å². The molecule has 7 heteroatoms. The predicted molar refractivity (Wildman–Crippen MR) is 131 cm³/mol. The molecule has 0 spiro atoms. The Labute approximate surface area is 190 Å². The first-order valence-corrected chi connectivity index (χ1v) is 9.94. The van der Waals surface area contributed by atoms with Crippen LogP contribution in [0.15, 0.2) is 65.8 Å². The number of aliphatic imine (C=N–C) groups is 1. The second-order valence-corrected chi connectivity index (χ2v) is 7.11. The number of anilines is 2. The van der Waals surface area contributed by atoms with Gasteiger partial charge in [0.15, 0.2) is 5.96 Å². The molecule has 4 rings (SSSR count). The number of halogens is 1. The summed E-state index contributed by atoms with van der Waals surface area (Å²) in [4.78, 5) is 16.0. The highest BCUT2D eigenvalue weighted by Gasteiger charge is 2.20. The Morgan fingerprint density at radius 1 is 1.00 bits per heavy atom. The Kier molecular flexibility index (Phi) is 7.74. The van der Waals surface area contributed by atoms with E-state index in [1.165, 1.54) is 11.3 Å². The van der Waals surface area contributed by atoms with Crippen molar-refractivity contribution in [3.63, 3.8) is 0 Å². The molecule has 154 valence electrons. The van der Waals surface area contributed by atoms with Gasteiger partial charge in [0.25, 0.3) is 0 Å². The number of pyridine rings is 1. The van der Waals surface area contributed by atoms with Crippen LogP contribution in [0.2, 0.25) is 0 Å². The summed E-state index contributed by atoms with van der Waals surface area (Å²) in [6, 6.07) is 14.8. The molecule has 0 saturated carbocycles. The van der Waals surface area contributed by atoms with Crippen LogP contribution in [0.25, 0.3) is 0 Å². The molecule has 1 fully saturated rings. The minimum absolute atomic E-state index is 0. The van der Waals surface area contributed by atoms with Crippen LogP contribution in [0, 0.1) is 0 Å². The number of hydrogen-bond acceptors (Lipinski definition) is 4. The fourth-order valence-electron chi connectivity index (χ4n) is 3.75. The smallest absolute Gasteiger partial charge is 0.194 e. The van der Waals surface area contributed by atoms with Gasteiger partial charge < -0.3 is 20.0 Å². The van der Waals surface area contributed by atoms with Crippen LogP contribution in [0.1, 0.15) is 5.56 Å². The van der Waals surface area contributed by atoms with E-state index in [0.29, 0.717) is 0 Å². The van der Waals surface area contributed by atoms with Crippen LogP contribution in [0.5, 0.6) is 0 Å². The Hall–Kier alpha value is -2.29. The van der Waals surface area contributed by atoms with Crippen molar-refractivity contribution in [2.45, 2.75) is 6.54 Å². The van der Waals surface area contributed by atoms with Gasteiger partial charge >= 0.3 is 0 Å². The van der Waals surface area contributed by atoms with E-state index < -0.39 is 0 Å². The molecule has 0 bridgehead atoms. The van der Waals surface area contributed by atoms with Crippen molar-refractivity contribution in [1.82, 2.24) is 15.2 Å². The third-order valence-corrected chi connectivity index (χ3v) is 5.31. The average molecular weight is 504 g/mol. The summed E-state index contributed by atoms with van der Waals surface area (Å²) in [6.07, 6.45) is 6.29. The van der Waals surface area contributed by atoms with Gasteiger partial charge in [0.1, 0.15) is 5.82 Å². The van der Waals surface area contributed by atoms with E-state index in [-0.39, 0.29) is 24.0 Å². The third kappa shape index (κ3) is 5.41. The lowest BCUT2D eigenvalue weighted by molar-refractivity contribution is 0.371. The molecule has 1 saturated heterocycles. The molecule has 2 aliphatic rings. The fourth-order valence-corrected chi connectivity index (χ4v) is 3.75. The van der Waals surface area contributed by atoms with Crippen molar-refractivity contribution < 1.29 is 0 Å². The number of benzene rings is 1. The highest BCUT2D eigenvalue weighted by molar-refractivity contribution is 14.0. The number of nitrogens with one attached hydrogen (secondary N) is 1. The van der Waals surface area contributed by atoms with Gasteiger partial charge in [-0.2, -0.15) is 0 Å². The number of piperazine rings is 1. The SMILES string of the molecule is CN=C(NCc1cccc(N2CC=CC2)c1)N1CCN(c2ccccn2)CC1.I. The monoisotopic (exact) mass is 504 g/mol. The van der Waals surface area contributed by atoms with Crippen LogP contribution in [0.3, 0.4) is 0 Å². The van der Waals surface area contributed by atoms with E-state index in [1.54, 1.807) is 0 Å². The lowest BCUT2D eigenvalue weighted by Crippen LogP contribution is -2.52. The van der Waals surface area contributed by atoms with Gasteiger partial charge in [0, 0.05) is 64.7 Å². The topological polar surface area (TPSA) is 47.0 Å². The second-order valence-electron chi connectivity index (χ2n) is 7.11. The summed E-state index contributed by atoms with van der Waals surface area (Å²) in [7, 11) is 1.86. The van der Waals surface area contributed by atoms with Crippen molar-refractivity contribution in [3.05, 3.63) is 66.4 Å². The van der Waals surface area contributed by atoms with Gasteiger partial charge in [0.05, 0.1) is 0 Å². The molecular formula is C22H29IN6. The second kappa shape index (κ2) is 10.5. The van der Waals surface area contributed by atoms with E-state index in [1.807, 2.05) is 25.4 Å². The molecule has 0 unspecified atom stereocenters. The molecule has 1 aromatic carbocycles. The Morgan fingerprint density at radius 2 is 1.79 bits per heavy atom. The minimum atomic E-state index is 0. The van der Waals surface area contributed by atoms with Crippen LogP contribution in [-0.4, -0.2) is 62.2 Å². The normalized spacial score (nSPS) is 16.7. The predicted octanol–water partition coefficient (Wildman–Crippen LogP) is 2.97. The van der Waals surface area contributed by atoms with E-state index in [0.717, 1.165) is 57.6 Å². The molecule has 0 aliphatic carbocycles. The molecule has 3 heterocycles. The quantitative estimate of drug-likeness (QED) is 0.301. The first-order valence-electron chi connectivity index (χ1n) is 9.94. The van der Waals surface area contributed by atoms with Crippen LogP contribution in [-0.2, 0) is 6.54 Å². The molecule has 0 radical (unpaired) electrons. The molecule has 2 aromatic rings. The molecule has 1 aromatic heterocycles. The summed E-state index contributed by atoms with van der Waals surface area (Å²) in [5.41, 5.74) is 2.56. The van der Waals surface area contributed by atoms with Gasteiger partial charge in [0.2, 0.25) is 0 Å². The van der Waals surface area contributed by atoms with Crippen LogP contribution >= 0.6 is 24.0 Å². The lowest BCUT2D eigenvalue weighted by Gasteiger charge is -2.37. The number of aromatic nitrogens is 1. The molecule has 2 aliphatic heterocycles. The molecule has 1 N–H and O–H groups in total. The Bertz CT molecular complexity index is 822. The third-order valence-electron chi connectivity index (χ3n) is 5.31. The largest absolute Gasteiger partial charge is 0.364 e. The van der Waals surface area contributed by atoms with Crippen LogP contribution < -0.4 is 15.1 Å². The zero-order chi connectivity index (χ0) is 19.2. The van der Waals surface area contributed by atoms with Crippen molar-refractivity contribution in [1.29, 1.82) is 0 Å². The lowest BCUT2D eigenvalue weighted by atomic mass is 10.2. The molecule has 0 atom stereocenters. The van der Waals surface area contributed by atoms with Crippen molar-refractivity contribution in [2.24, 2.45) is 4.99 Å². The Morgan fingerprint density at radius 3 is 2.48 bits per heavy atom. The summed E-state index contributed by atoms with van der Waals surface area (Å²) < 4.78 is 0. The first-order chi connectivity index (χ1) is 13.8. The van der Waals surface area contributed by atoms with E-state index in [4.69, 9.17) is 0 Å². The van der Waals surface area contributed by atoms with E-state index in [2.05, 4.69) is 72.5 Å². The summed E-state index contributed by atoms with van der Waals surface area (Å²) in [5.74, 6) is 2.02. The zero-order valence-electron chi connectivity index (χ0n) is 16.9. The highest BCUT2D eigenvalue weighted by atomic mass is 127. The van der Waals surface area contributed by atoms with Gasteiger partial charge in [-0.1, -0.05) is 30.4 Å². The van der Waals surface area contributed by atoms with Crippen molar-refractivity contribution in [2.75, 3.05) is 56.1 Å².